The summed E-state index contributed by atoms with van der Waals surface area (Å²) < 4.78 is 1.55. The van der Waals surface area contributed by atoms with Crippen LogP contribution < -0.4 is 15.8 Å². The summed E-state index contributed by atoms with van der Waals surface area (Å²) in [7, 11) is 3.69. The Kier molecular flexibility index (Phi) is 4.84. The zero-order valence-corrected chi connectivity index (χ0v) is 14.4. The Morgan fingerprint density at radius 2 is 1.76 bits per heavy atom. The summed E-state index contributed by atoms with van der Waals surface area (Å²) in [4.78, 5) is 26.7. The van der Waals surface area contributed by atoms with Gasteiger partial charge in [0.2, 0.25) is 0 Å². The molecule has 0 aliphatic heterocycles. The monoisotopic (exact) mass is 335 g/mol. The molecule has 1 aromatic heterocycles. The van der Waals surface area contributed by atoms with E-state index >= 15 is 0 Å². The van der Waals surface area contributed by atoms with Gasteiger partial charge in [0.25, 0.3) is 11.5 Å². The highest BCUT2D eigenvalue weighted by Crippen LogP contribution is 2.16. The van der Waals surface area contributed by atoms with Gasteiger partial charge in [-0.25, -0.2) is 0 Å². The Morgan fingerprint density at radius 1 is 1.08 bits per heavy atom. The molecule has 1 N–H and O–H groups in total. The van der Waals surface area contributed by atoms with Gasteiger partial charge in [-0.3, -0.25) is 9.59 Å². The molecule has 3 rings (SSSR count). The van der Waals surface area contributed by atoms with Crippen LogP contribution in [0.3, 0.4) is 0 Å². The number of fused-ring (bicyclic) bond motifs is 1. The summed E-state index contributed by atoms with van der Waals surface area (Å²) in [6, 6.07) is 18.8. The first-order chi connectivity index (χ1) is 12.1. The Labute approximate surface area is 146 Å². The summed E-state index contributed by atoms with van der Waals surface area (Å²) in [6.45, 7) is 1.17. The van der Waals surface area contributed by atoms with Crippen LogP contribution in [-0.2, 0) is 7.05 Å². The number of aryl methyl sites for hydroxylation is 1. The van der Waals surface area contributed by atoms with Crippen molar-refractivity contribution in [1.82, 2.24) is 9.88 Å². The lowest BCUT2D eigenvalue weighted by molar-refractivity contribution is 0.0956. The van der Waals surface area contributed by atoms with Gasteiger partial charge >= 0.3 is 0 Å². The molecule has 0 radical (unpaired) electrons. The number of rotatable bonds is 5. The minimum atomic E-state index is -0.227. The molecule has 3 aromatic rings. The van der Waals surface area contributed by atoms with Crippen molar-refractivity contribution >= 4 is 22.5 Å². The number of pyridine rings is 1. The molecule has 128 valence electrons. The minimum absolute atomic E-state index is 0.190. The van der Waals surface area contributed by atoms with Crippen molar-refractivity contribution in [3.8, 4) is 0 Å². The highest BCUT2D eigenvalue weighted by molar-refractivity contribution is 6.06. The van der Waals surface area contributed by atoms with Crippen LogP contribution >= 0.6 is 0 Å². The van der Waals surface area contributed by atoms with E-state index in [1.165, 1.54) is 6.07 Å². The van der Waals surface area contributed by atoms with E-state index in [4.69, 9.17) is 0 Å². The fraction of sp³-hybridized carbons (Fsp3) is 0.200. The molecule has 0 unspecified atom stereocenters. The maximum atomic E-state index is 12.6. The average Bonchev–Trinajstić information content (AvgIpc) is 2.65. The van der Waals surface area contributed by atoms with Crippen molar-refractivity contribution in [1.29, 1.82) is 0 Å². The zero-order valence-electron chi connectivity index (χ0n) is 14.4. The number of benzene rings is 2. The van der Waals surface area contributed by atoms with Gasteiger partial charge in [0, 0.05) is 44.3 Å². The van der Waals surface area contributed by atoms with Crippen LogP contribution in [0, 0.1) is 0 Å². The van der Waals surface area contributed by atoms with Gasteiger partial charge in [0.1, 0.15) is 0 Å². The number of carbonyl (C=O) groups is 1. The Hall–Kier alpha value is -3.08. The highest BCUT2D eigenvalue weighted by atomic mass is 16.2. The average molecular weight is 335 g/mol. The smallest absolute Gasteiger partial charge is 0.252 e. The van der Waals surface area contributed by atoms with E-state index in [9.17, 15) is 9.59 Å². The standard InChI is InChI=1S/C20H21N3O2/c1-22(15-8-4-3-5-9-15)13-12-21-20(25)17-14-19(24)23(2)18-11-7-6-10-16(17)18/h3-11,14H,12-13H2,1-2H3,(H,21,25). The van der Waals surface area contributed by atoms with E-state index in [0.717, 1.165) is 16.6 Å². The summed E-state index contributed by atoms with van der Waals surface area (Å²) in [6.07, 6.45) is 0. The fourth-order valence-corrected chi connectivity index (χ4v) is 2.84. The van der Waals surface area contributed by atoms with Crippen molar-refractivity contribution in [3.05, 3.63) is 76.6 Å². The Bertz CT molecular complexity index is 948. The number of anilines is 1. The molecular formula is C20H21N3O2. The maximum absolute atomic E-state index is 12.6. The molecule has 0 spiro atoms. The van der Waals surface area contributed by atoms with Crippen LogP contribution in [0.25, 0.3) is 10.9 Å². The van der Waals surface area contributed by atoms with Crippen molar-refractivity contribution < 1.29 is 4.79 Å². The lowest BCUT2D eigenvalue weighted by Crippen LogP contribution is -2.34. The molecule has 0 bridgehead atoms. The lowest BCUT2D eigenvalue weighted by atomic mass is 10.1. The number of likely N-dealkylation sites (N-methyl/N-ethyl adjacent to an activating group) is 1. The van der Waals surface area contributed by atoms with Gasteiger partial charge in [-0.15, -0.1) is 0 Å². The van der Waals surface area contributed by atoms with E-state index in [0.29, 0.717) is 18.7 Å². The normalized spacial score (nSPS) is 10.6. The summed E-state index contributed by atoms with van der Waals surface area (Å²) in [5, 5.41) is 3.69. The summed E-state index contributed by atoms with van der Waals surface area (Å²) in [5.74, 6) is -0.227. The predicted molar refractivity (Wildman–Crippen MR) is 101 cm³/mol. The molecule has 0 atom stereocenters. The number of para-hydroxylation sites is 2. The first kappa shape index (κ1) is 16.8. The van der Waals surface area contributed by atoms with Gasteiger partial charge < -0.3 is 14.8 Å². The molecule has 0 saturated carbocycles. The molecule has 5 heteroatoms. The van der Waals surface area contributed by atoms with E-state index in [-0.39, 0.29) is 11.5 Å². The molecule has 25 heavy (non-hydrogen) atoms. The Morgan fingerprint density at radius 3 is 2.52 bits per heavy atom. The van der Waals surface area contributed by atoms with Crippen LogP contribution in [0.15, 0.2) is 65.5 Å². The lowest BCUT2D eigenvalue weighted by Gasteiger charge is -2.19. The molecule has 0 aliphatic rings. The van der Waals surface area contributed by atoms with Gasteiger partial charge in [-0.2, -0.15) is 0 Å². The van der Waals surface area contributed by atoms with E-state index < -0.39 is 0 Å². The molecule has 1 heterocycles. The van der Waals surface area contributed by atoms with Crippen molar-refractivity contribution in [2.24, 2.45) is 7.05 Å². The third-order valence-electron chi connectivity index (χ3n) is 4.33. The van der Waals surface area contributed by atoms with Crippen LogP contribution in [0.1, 0.15) is 10.4 Å². The molecule has 2 aromatic carbocycles. The number of hydrogen-bond donors (Lipinski definition) is 1. The zero-order chi connectivity index (χ0) is 17.8. The molecule has 0 aliphatic carbocycles. The quantitative estimate of drug-likeness (QED) is 0.779. The predicted octanol–water partition coefficient (Wildman–Crippen LogP) is 2.40. The van der Waals surface area contributed by atoms with Crippen molar-refractivity contribution in [3.63, 3.8) is 0 Å². The number of nitrogens with zero attached hydrogens (tertiary/aromatic N) is 2. The molecule has 1 amide bonds. The van der Waals surface area contributed by atoms with E-state index in [1.807, 2.05) is 61.6 Å². The molecule has 0 fully saturated rings. The Balaban J connectivity index is 1.73. The third-order valence-corrected chi connectivity index (χ3v) is 4.33. The number of carbonyl (C=O) groups excluding carboxylic acids is 1. The first-order valence-electron chi connectivity index (χ1n) is 8.21. The second-order valence-electron chi connectivity index (χ2n) is 5.99. The number of aromatic nitrogens is 1. The third kappa shape index (κ3) is 3.55. The second-order valence-corrected chi connectivity index (χ2v) is 5.99. The number of hydrogen-bond acceptors (Lipinski definition) is 3. The summed E-state index contributed by atoms with van der Waals surface area (Å²) >= 11 is 0. The van der Waals surface area contributed by atoms with Gasteiger partial charge in [0.15, 0.2) is 0 Å². The molecular weight excluding hydrogens is 314 g/mol. The fourth-order valence-electron chi connectivity index (χ4n) is 2.84. The maximum Gasteiger partial charge on any atom is 0.252 e. The van der Waals surface area contributed by atoms with Gasteiger partial charge in [-0.1, -0.05) is 36.4 Å². The largest absolute Gasteiger partial charge is 0.373 e. The van der Waals surface area contributed by atoms with Crippen LogP contribution in [0.4, 0.5) is 5.69 Å². The number of nitrogens with one attached hydrogen (secondary N) is 1. The minimum Gasteiger partial charge on any atom is -0.373 e. The number of amides is 1. The van der Waals surface area contributed by atoms with Crippen LogP contribution in [0.5, 0.6) is 0 Å². The van der Waals surface area contributed by atoms with Gasteiger partial charge in [-0.05, 0) is 18.2 Å². The topological polar surface area (TPSA) is 54.3 Å². The summed E-state index contributed by atoms with van der Waals surface area (Å²) in [5.41, 5.74) is 2.07. The van der Waals surface area contributed by atoms with Crippen molar-refractivity contribution in [2.75, 3.05) is 25.0 Å². The van der Waals surface area contributed by atoms with Crippen LogP contribution in [0.2, 0.25) is 0 Å². The van der Waals surface area contributed by atoms with Gasteiger partial charge in [0.05, 0.1) is 11.1 Å². The van der Waals surface area contributed by atoms with E-state index in [1.54, 1.807) is 11.6 Å². The van der Waals surface area contributed by atoms with Crippen molar-refractivity contribution in [2.45, 2.75) is 0 Å². The SMILES string of the molecule is CN(CCNC(=O)c1cc(=O)n(C)c2ccccc12)c1ccccc1. The first-order valence-corrected chi connectivity index (χ1v) is 8.21. The van der Waals surface area contributed by atoms with Crippen LogP contribution in [-0.4, -0.2) is 30.6 Å². The molecule has 0 saturated heterocycles. The molecule has 5 nitrogen and oxygen atoms in total. The highest BCUT2D eigenvalue weighted by Gasteiger charge is 2.13. The second kappa shape index (κ2) is 7.21. The van der Waals surface area contributed by atoms with E-state index in [2.05, 4.69) is 10.2 Å².